The Kier molecular flexibility index (Phi) is 6.32. The van der Waals surface area contributed by atoms with Crippen molar-refractivity contribution in [2.75, 3.05) is 6.54 Å². The lowest BCUT2D eigenvalue weighted by atomic mass is 10.0. The first-order valence-electron chi connectivity index (χ1n) is 6.89. The molecular formula is C14H23N3O3S. The highest BCUT2D eigenvalue weighted by molar-refractivity contribution is 7.89. The normalized spacial score (nSPS) is 13.2. The van der Waals surface area contributed by atoms with Crippen LogP contribution in [0, 0.1) is 5.92 Å². The summed E-state index contributed by atoms with van der Waals surface area (Å²) in [4.78, 5) is 11.9. The van der Waals surface area contributed by atoms with Gasteiger partial charge in [-0.25, -0.2) is 13.1 Å². The monoisotopic (exact) mass is 313 g/mol. The Morgan fingerprint density at radius 1 is 1.24 bits per heavy atom. The molecule has 0 saturated carbocycles. The van der Waals surface area contributed by atoms with Gasteiger partial charge in [0.25, 0.3) is 0 Å². The van der Waals surface area contributed by atoms with E-state index in [1.54, 1.807) is 19.1 Å². The molecule has 1 rings (SSSR count). The zero-order valence-electron chi connectivity index (χ0n) is 12.6. The summed E-state index contributed by atoms with van der Waals surface area (Å²) in [6.45, 7) is 6.14. The summed E-state index contributed by atoms with van der Waals surface area (Å²) < 4.78 is 26.0. The van der Waals surface area contributed by atoms with Crippen LogP contribution in [0.2, 0.25) is 0 Å². The summed E-state index contributed by atoms with van der Waals surface area (Å²) in [6.07, 6.45) is 0. The van der Waals surface area contributed by atoms with Crippen LogP contribution in [0.1, 0.15) is 26.3 Å². The molecule has 0 fully saturated rings. The van der Waals surface area contributed by atoms with Crippen LogP contribution in [-0.2, 0) is 21.4 Å². The molecule has 118 valence electrons. The molecule has 0 spiro atoms. The SMILES string of the molecule is CCNS(=O)(=O)c1ccc(CNC(=O)[C@@H](N)C(C)C)cc1. The average Bonchev–Trinajstić information content (AvgIpc) is 2.44. The topological polar surface area (TPSA) is 101 Å². The second kappa shape index (κ2) is 7.53. The molecule has 6 nitrogen and oxygen atoms in total. The van der Waals surface area contributed by atoms with Gasteiger partial charge in [0.15, 0.2) is 0 Å². The van der Waals surface area contributed by atoms with E-state index in [0.717, 1.165) is 5.56 Å². The summed E-state index contributed by atoms with van der Waals surface area (Å²) >= 11 is 0. The zero-order chi connectivity index (χ0) is 16.0. The van der Waals surface area contributed by atoms with Crippen molar-refractivity contribution in [3.63, 3.8) is 0 Å². The number of hydrogen-bond acceptors (Lipinski definition) is 4. The minimum atomic E-state index is -3.44. The minimum Gasteiger partial charge on any atom is -0.351 e. The number of carbonyl (C=O) groups is 1. The summed E-state index contributed by atoms with van der Waals surface area (Å²) in [7, 11) is -3.44. The van der Waals surface area contributed by atoms with Gasteiger partial charge < -0.3 is 11.1 Å². The van der Waals surface area contributed by atoms with E-state index in [0.29, 0.717) is 13.1 Å². The first-order valence-corrected chi connectivity index (χ1v) is 8.38. The van der Waals surface area contributed by atoms with Gasteiger partial charge >= 0.3 is 0 Å². The van der Waals surface area contributed by atoms with Crippen LogP contribution in [0.15, 0.2) is 29.2 Å². The van der Waals surface area contributed by atoms with Crippen molar-refractivity contribution < 1.29 is 13.2 Å². The molecule has 1 atom stereocenters. The molecule has 0 aromatic heterocycles. The molecular weight excluding hydrogens is 290 g/mol. The number of nitrogens with two attached hydrogens (primary N) is 1. The van der Waals surface area contributed by atoms with Crippen LogP contribution in [0.5, 0.6) is 0 Å². The first-order chi connectivity index (χ1) is 9.77. The van der Waals surface area contributed by atoms with Crippen LogP contribution < -0.4 is 15.8 Å². The molecule has 1 amide bonds. The Bertz CT molecular complexity index is 568. The van der Waals surface area contributed by atoms with E-state index < -0.39 is 16.1 Å². The Labute approximate surface area is 126 Å². The average molecular weight is 313 g/mol. The van der Waals surface area contributed by atoms with Gasteiger partial charge in [-0.3, -0.25) is 4.79 Å². The molecule has 0 saturated heterocycles. The lowest BCUT2D eigenvalue weighted by molar-refractivity contribution is -0.123. The zero-order valence-corrected chi connectivity index (χ0v) is 13.4. The number of sulfonamides is 1. The Morgan fingerprint density at radius 3 is 2.29 bits per heavy atom. The van der Waals surface area contributed by atoms with Crippen molar-refractivity contribution >= 4 is 15.9 Å². The fourth-order valence-electron chi connectivity index (χ4n) is 1.67. The predicted molar refractivity (Wildman–Crippen MR) is 82.0 cm³/mol. The molecule has 0 aliphatic carbocycles. The predicted octanol–water partition coefficient (Wildman–Crippen LogP) is 0.584. The smallest absolute Gasteiger partial charge is 0.240 e. The van der Waals surface area contributed by atoms with Crippen LogP contribution in [0.25, 0.3) is 0 Å². The van der Waals surface area contributed by atoms with Gasteiger partial charge in [-0.2, -0.15) is 0 Å². The van der Waals surface area contributed by atoms with Crippen molar-refractivity contribution in [2.45, 2.75) is 38.3 Å². The van der Waals surface area contributed by atoms with Gasteiger partial charge in [-0.15, -0.1) is 0 Å². The van der Waals surface area contributed by atoms with Crippen LogP contribution in [-0.4, -0.2) is 26.9 Å². The number of hydrogen-bond donors (Lipinski definition) is 3. The van der Waals surface area contributed by atoms with Crippen molar-refractivity contribution in [3.8, 4) is 0 Å². The number of amides is 1. The molecule has 21 heavy (non-hydrogen) atoms. The molecule has 1 aromatic rings. The fourth-order valence-corrected chi connectivity index (χ4v) is 2.71. The van der Waals surface area contributed by atoms with Gasteiger partial charge in [-0.05, 0) is 23.6 Å². The van der Waals surface area contributed by atoms with E-state index in [1.807, 2.05) is 13.8 Å². The molecule has 0 aliphatic rings. The molecule has 0 heterocycles. The van der Waals surface area contributed by atoms with E-state index in [4.69, 9.17) is 5.73 Å². The van der Waals surface area contributed by atoms with E-state index >= 15 is 0 Å². The third kappa shape index (κ3) is 5.11. The van der Waals surface area contributed by atoms with Crippen molar-refractivity contribution in [1.29, 1.82) is 0 Å². The number of nitrogens with one attached hydrogen (secondary N) is 2. The van der Waals surface area contributed by atoms with Gasteiger partial charge in [0.05, 0.1) is 10.9 Å². The van der Waals surface area contributed by atoms with Gasteiger partial charge in [0.1, 0.15) is 0 Å². The highest BCUT2D eigenvalue weighted by atomic mass is 32.2. The maximum atomic E-state index is 11.8. The molecule has 0 unspecified atom stereocenters. The summed E-state index contributed by atoms with van der Waals surface area (Å²) in [5.41, 5.74) is 6.55. The maximum Gasteiger partial charge on any atom is 0.240 e. The lowest BCUT2D eigenvalue weighted by Gasteiger charge is -2.15. The summed E-state index contributed by atoms with van der Waals surface area (Å²) in [5, 5.41) is 2.73. The van der Waals surface area contributed by atoms with E-state index in [-0.39, 0.29) is 16.7 Å². The Morgan fingerprint density at radius 2 is 1.81 bits per heavy atom. The third-order valence-electron chi connectivity index (χ3n) is 3.06. The second-order valence-electron chi connectivity index (χ2n) is 5.13. The number of carbonyl (C=O) groups excluding carboxylic acids is 1. The Hall–Kier alpha value is -1.44. The van der Waals surface area contributed by atoms with Gasteiger partial charge in [0, 0.05) is 13.1 Å². The molecule has 1 aromatic carbocycles. The first kappa shape index (κ1) is 17.6. The highest BCUT2D eigenvalue weighted by Gasteiger charge is 2.17. The van der Waals surface area contributed by atoms with Gasteiger partial charge in [-0.1, -0.05) is 32.9 Å². The summed E-state index contributed by atoms with van der Waals surface area (Å²) in [5.74, 6) is -0.146. The molecule has 7 heteroatoms. The standard InChI is InChI=1S/C14H23N3O3S/c1-4-17-21(19,20)12-7-5-11(6-8-12)9-16-14(18)13(15)10(2)3/h5-8,10,13,17H,4,9,15H2,1-3H3,(H,16,18)/t13-/m0/s1. The Balaban J connectivity index is 2.66. The van der Waals surface area contributed by atoms with Crippen LogP contribution in [0.4, 0.5) is 0 Å². The molecule has 0 bridgehead atoms. The van der Waals surface area contributed by atoms with Gasteiger partial charge in [0.2, 0.25) is 15.9 Å². The maximum absolute atomic E-state index is 11.8. The summed E-state index contributed by atoms with van der Waals surface area (Å²) in [6, 6.07) is 5.83. The fraction of sp³-hybridized carbons (Fsp3) is 0.500. The lowest BCUT2D eigenvalue weighted by Crippen LogP contribution is -2.43. The number of rotatable bonds is 7. The van der Waals surface area contributed by atoms with E-state index in [9.17, 15) is 13.2 Å². The third-order valence-corrected chi connectivity index (χ3v) is 4.62. The van der Waals surface area contributed by atoms with Crippen LogP contribution in [0.3, 0.4) is 0 Å². The number of benzene rings is 1. The van der Waals surface area contributed by atoms with Crippen molar-refractivity contribution in [3.05, 3.63) is 29.8 Å². The van der Waals surface area contributed by atoms with Crippen LogP contribution >= 0.6 is 0 Å². The molecule has 4 N–H and O–H groups in total. The second-order valence-corrected chi connectivity index (χ2v) is 6.90. The highest BCUT2D eigenvalue weighted by Crippen LogP contribution is 2.10. The van der Waals surface area contributed by atoms with Crippen molar-refractivity contribution in [1.82, 2.24) is 10.0 Å². The van der Waals surface area contributed by atoms with Crippen molar-refractivity contribution in [2.24, 2.45) is 11.7 Å². The minimum absolute atomic E-state index is 0.0673. The molecule has 0 aliphatic heterocycles. The largest absolute Gasteiger partial charge is 0.351 e. The van der Waals surface area contributed by atoms with E-state index in [1.165, 1.54) is 12.1 Å². The quantitative estimate of drug-likeness (QED) is 0.685. The van der Waals surface area contributed by atoms with E-state index in [2.05, 4.69) is 10.0 Å². The molecule has 0 radical (unpaired) electrons.